The third kappa shape index (κ3) is 2.83. The minimum atomic E-state index is -0.468. The van der Waals surface area contributed by atoms with Crippen molar-refractivity contribution in [3.8, 4) is 0 Å². The zero-order chi connectivity index (χ0) is 13.0. The molecule has 0 bridgehead atoms. The van der Waals surface area contributed by atoms with Crippen LogP contribution >= 0.6 is 0 Å². The van der Waals surface area contributed by atoms with Gasteiger partial charge in [0.1, 0.15) is 0 Å². The second kappa shape index (κ2) is 5.28. The molecular formula is C11H13N5O2. The first kappa shape index (κ1) is 12.1. The minimum Gasteiger partial charge on any atom is -0.408 e. The number of primary amides is 1. The molecule has 0 radical (unpaired) electrons. The summed E-state index contributed by atoms with van der Waals surface area (Å²) in [6.45, 7) is 0.453. The van der Waals surface area contributed by atoms with Crippen LogP contribution in [0.4, 0.5) is 11.7 Å². The van der Waals surface area contributed by atoms with Gasteiger partial charge in [-0.15, -0.1) is 5.10 Å². The molecule has 7 heteroatoms. The lowest BCUT2D eigenvalue weighted by Gasteiger charge is -2.01. The Labute approximate surface area is 103 Å². The highest BCUT2D eigenvalue weighted by Crippen LogP contribution is 2.15. The van der Waals surface area contributed by atoms with Crippen molar-refractivity contribution in [1.82, 2.24) is 10.2 Å². The monoisotopic (exact) mass is 247 g/mol. The van der Waals surface area contributed by atoms with E-state index >= 15 is 0 Å². The van der Waals surface area contributed by atoms with Crippen LogP contribution in [-0.4, -0.2) is 22.6 Å². The normalized spacial score (nSPS) is 10.3. The van der Waals surface area contributed by atoms with Crippen LogP contribution in [-0.2, 0) is 6.42 Å². The number of carbonyl (C=O) groups is 1. The van der Waals surface area contributed by atoms with Gasteiger partial charge in [0.25, 0.3) is 0 Å². The van der Waals surface area contributed by atoms with Crippen molar-refractivity contribution in [3.05, 3.63) is 35.7 Å². The molecule has 0 aliphatic carbocycles. The number of rotatable bonds is 5. The van der Waals surface area contributed by atoms with Crippen LogP contribution in [0, 0.1) is 0 Å². The predicted molar refractivity (Wildman–Crippen MR) is 65.3 cm³/mol. The van der Waals surface area contributed by atoms with Gasteiger partial charge in [0.15, 0.2) is 0 Å². The van der Waals surface area contributed by atoms with Gasteiger partial charge in [0, 0.05) is 24.2 Å². The van der Waals surface area contributed by atoms with E-state index in [0.717, 1.165) is 5.69 Å². The Kier molecular flexibility index (Phi) is 3.54. The van der Waals surface area contributed by atoms with Gasteiger partial charge in [-0.1, -0.05) is 5.10 Å². The fourth-order valence-electron chi connectivity index (χ4n) is 1.37. The molecule has 1 aromatic carbocycles. The summed E-state index contributed by atoms with van der Waals surface area (Å²) in [6.07, 6.45) is 0.537. The predicted octanol–water partition coefficient (Wildman–Crippen LogP) is 0.413. The van der Waals surface area contributed by atoms with Crippen LogP contribution in [0.2, 0.25) is 0 Å². The van der Waals surface area contributed by atoms with E-state index in [9.17, 15) is 4.79 Å². The van der Waals surface area contributed by atoms with E-state index in [1.165, 1.54) is 0 Å². The summed E-state index contributed by atoms with van der Waals surface area (Å²) in [4.78, 5) is 10.9. The second-order valence-electron chi connectivity index (χ2n) is 3.61. The maximum atomic E-state index is 10.9. The first-order valence-corrected chi connectivity index (χ1v) is 5.38. The maximum Gasteiger partial charge on any atom is 0.320 e. The molecule has 1 aromatic heterocycles. The van der Waals surface area contributed by atoms with Crippen molar-refractivity contribution in [2.75, 3.05) is 11.9 Å². The minimum absolute atomic E-state index is 0.283. The Hall–Kier alpha value is -2.41. The third-order valence-electron chi connectivity index (χ3n) is 2.25. The Bertz CT molecular complexity index is 535. The number of nitrogens with two attached hydrogens (primary N) is 2. The van der Waals surface area contributed by atoms with Gasteiger partial charge >= 0.3 is 6.01 Å². The van der Waals surface area contributed by atoms with Crippen molar-refractivity contribution in [2.45, 2.75) is 6.42 Å². The summed E-state index contributed by atoms with van der Waals surface area (Å²) >= 11 is 0. The van der Waals surface area contributed by atoms with Crippen molar-refractivity contribution >= 4 is 17.6 Å². The lowest BCUT2D eigenvalue weighted by atomic mass is 10.2. The molecule has 18 heavy (non-hydrogen) atoms. The molecule has 1 amide bonds. The van der Waals surface area contributed by atoms with Gasteiger partial charge in [0.05, 0.1) is 0 Å². The van der Waals surface area contributed by atoms with E-state index in [2.05, 4.69) is 15.5 Å². The molecule has 7 nitrogen and oxygen atoms in total. The first-order valence-electron chi connectivity index (χ1n) is 5.38. The molecule has 0 aliphatic rings. The van der Waals surface area contributed by atoms with Crippen LogP contribution in [0.1, 0.15) is 16.2 Å². The van der Waals surface area contributed by atoms with Crippen LogP contribution < -0.4 is 16.8 Å². The highest BCUT2D eigenvalue weighted by Gasteiger charge is 2.06. The molecule has 2 aromatic rings. The smallest absolute Gasteiger partial charge is 0.320 e. The Morgan fingerprint density at radius 1 is 1.28 bits per heavy atom. The van der Waals surface area contributed by atoms with E-state index in [1.807, 2.05) is 0 Å². The van der Waals surface area contributed by atoms with Crippen LogP contribution in [0.3, 0.4) is 0 Å². The second-order valence-corrected chi connectivity index (χ2v) is 3.61. The summed E-state index contributed by atoms with van der Waals surface area (Å²) in [6, 6.07) is 6.91. The average molecular weight is 247 g/mol. The van der Waals surface area contributed by atoms with Crippen molar-refractivity contribution in [2.24, 2.45) is 11.5 Å². The molecule has 94 valence electrons. The highest BCUT2D eigenvalue weighted by molar-refractivity contribution is 5.93. The molecule has 0 saturated carbocycles. The van der Waals surface area contributed by atoms with Crippen molar-refractivity contribution in [3.63, 3.8) is 0 Å². The van der Waals surface area contributed by atoms with E-state index in [1.54, 1.807) is 24.3 Å². The van der Waals surface area contributed by atoms with E-state index in [4.69, 9.17) is 15.9 Å². The Balaban J connectivity index is 2.06. The largest absolute Gasteiger partial charge is 0.408 e. The van der Waals surface area contributed by atoms with Crippen LogP contribution in [0.25, 0.3) is 0 Å². The topological polar surface area (TPSA) is 120 Å². The fourth-order valence-corrected chi connectivity index (χ4v) is 1.37. The lowest BCUT2D eigenvalue weighted by molar-refractivity contribution is 0.100. The van der Waals surface area contributed by atoms with Gasteiger partial charge in [0.2, 0.25) is 11.8 Å². The molecule has 0 unspecified atom stereocenters. The molecule has 5 N–H and O–H groups in total. The number of amides is 1. The van der Waals surface area contributed by atoms with E-state index < -0.39 is 5.91 Å². The molecule has 0 aliphatic heterocycles. The molecule has 1 heterocycles. The fraction of sp³-hybridized carbons (Fsp3) is 0.182. The third-order valence-corrected chi connectivity index (χ3v) is 2.25. The van der Waals surface area contributed by atoms with Gasteiger partial charge in [-0.05, 0) is 24.3 Å². The molecule has 0 atom stereocenters. The summed E-state index contributed by atoms with van der Waals surface area (Å²) in [5, 5.41) is 10.5. The van der Waals surface area contributed by atoms with Crippen LogP contribution in [0.5, 0.6) is 0 Å². The number of hydrogen-bond donors (Lipinski definition) is 3. The van der Waals surface area contributed by atoms with Crippen LogP contribution in [0.15, 0.2) is 28.7 Å². The number of anilines is 2. The Morgan fingerprint density at radius 2 is 2.00 bits per heavy atom. The highest BCUT2D eigenvalue weighted by atomic mass is 16.4. The average Bonchev–Trinajstić information content (AvgIpc) is 2.78. The number of benzene rings is 1. The zero-order valence-electron chi connectivity index (χ0n) is 9.59. The summed E-state index contributed by atoms with van der Waals surface area (Å²) in [7, 11) is 0. The Morgan fingerprint density at radius 3 is 2.61 bits per heavy atom. The van der Waals surface area contributed by atoms with Gasteiger partial charge in [-0.25, -0.2) is 0 Å². The maximum absolute atomic E-state index is 10.9. The van der Waals surface area contributed by atoms with Gasteiger partial charge in [-0.2, -0.15) is 0 Å². The number of aromatic nitrogens is 2. The lowest BCUT2D eigenvalue weighted by Crippen LogP contribution is -2.10. The number of hydrogen-bond acceptors (Lipinski definition) is 6. The summed E-state index contributed by atoms with van der Waals surface area (Å²) in [5.74, 6) is 0.0123. The van der Waals surface area contributed by atoms with E-state index in [-0.39, 0.29) is 6.01 Å². The van der Waals surface area contributed by atoms with E-state index in [0.29, 0.717) is 24.4 Å². The molecular weight excluding hydrogens is 234 g/mol. The number of nitrogens with one attached hydrogen (secondary N) is 1. The standard InChI is InChI=1S/C11H13N5O2/c12-6-5-9-15-16-11(18-9)14-8-3-1-7(2-4-8)10(13)17/h1-4H,5-6,12H2,(H2,13,17)(H,14,16). The molecule has 0 spiro atoms. The molecule has 0 saturated heterocycles. The first-order chi connectivity index (χ1) is 8.69. The summed E-state index contributed by atoms with van der Waals surface area (Å²) in [5.41, 5.74) is 11.7. The van der Waals surface area contributed by atoms with Gasteiger partial charge < -0.3 is 21.2 Å². The number of nitrogens with zero attached hydrogens (tertiary/aromatic N) is 2. The van der Waals surface area contributed by atoms with Gasteiger partial charge in [-0.3, -0.25) is 4.79 Å². The molecule has 2 rings (SSSR count). The molecule has 0 fully saturated rings. The quantitative estimate of drug-likeness (QED) is 0.704. The van der Waals surface area contributed by atoms with Crippen molar-refractivity contribution in [1.29, 1.82) is 0 Å². The zero-order valence-corrected chi connectivity index (χ0v) is 9.59. The van der Waals surface area contributed by atoms with Crippen molar-refractivity contribution < 1.29 is 9.21 Å². The summed E-state index contributed by atoms with van der Waals surface area (Å²) < 4.78 is 5.30. The SMILES string of the molecule is NCCc1nnc(Nc2ccc(C(N)=O)cc2)o1. The number of carbonyl (C=O) groups excluding carboxylic acids is 1.